The summed E-state index contributed by atoms with van der Waals surface area (Å²) in [4.78, 5) is 0. The molecule has 10 heavy (non-hydrogen) atoms. The Morgan fingerprint density at radius 2 is 2.50 bits per heavy atom. The summed E-state index contributed by atoms with van der Waals surface area (Å²) in [5.74, 6) is 0. The third-order valence-electron chi connectivity index (χ3n) is 1.60. The van der Waals surface area contributed by atoms with Crippen LogP contribution in [0.4, 0.5) is 0 Å². The van der Waals surface area contributed by atoms with Crippen molar-refractivity contribution in [3.8, 4) is 0 Å². The Morgan fingerprint density at radius 1 is 1.80 bits per heavy atom. The average Bonchev–Trinajstić information content (AvgIpc) is 1.86. The van der Waals surface area contributed by atoms with E-state index in [4.69, 9.17) is 5.73 Å². The summed E-state index contributed by atoms with van der Waals surface area (Å²) in [6, 6.07) is 0. The smallest absolute Gasteiger partial charge is 0.0354 e. The van der Waals surface area contributed by atoms with Crippen LogP contribution in [0.25, 0.3) is 0 Å². The van der Waals surface area contributed by atoms with Gasteiger partial charge in [-0.25, -0.2) is 0 Å². The molecule has 1 aliphatic rings. The maximum Gasteiger partial charge on any atom is 0.0354 e. The van der Waals surface area contributed by atoms with Gasteiger partial charge in [-0.1, -0.05) is 30.9 Å². The second-order valence-electron chi connectivity index (χ2n) is 2.96. The molecule has 0 heterocycles. The zero-order chi connectivity index (χ0) is 7.61. The third kappa shape index (κ3) is 1.58. The maximum atomic E-state index is 5.87. The van der Waals surface area contributed by atoms with Crippen molar-refractivity contribution in [3.63, 3.8) is 0 Å². The van der Waals surface area contributed by atoms with Gasteiger partial charge in [-0.3, -0.25) is 0 Å². The molecule has 0 saturated carbocycles. The molecule has 0 aromatic rings. The first kappa shape index (κ1) is 7.29. The van der Waals surface area contributed by atoms with Crippen molar-refractivity contribution in [1.82, 2.24) is 0 Å². The highest BCUT2D eigenvalue weighted by Gasteiger charge is 2.15. The minimum Gasteiger partial charge on any atom is -0.322 e. The molecule has 1 nitrogen and oxygen atoms in total. The average molecular weight is 135 g/mol. The molecule has 0 saturated heterocycles. The van der Waals surface area contributed by atoms with Gasteiger partial charge in [-0.05, 0) is 18.9 Å². The number of nitrogens with two attached hydrogens (primary N) is 1. The van der Waals surface area contributed by atoms with Gasteiger partial charge in [-0.2, -0.15) is 0 Å². The fraction of sp³-hybridized carbons (Fsp3) is 0.333. The van der Waals surface area contributed by atoms with Gasteiger partial charge in [0.25, 0.3) is 0 Å². The predicted octanol–water partition coefficient (Wildman–Crippen LogP) is 1.78. The molecule has 0 bridgehead atoms. The third-order valence-corrected chi connectivity index (χ3v) is 1.60. The van der Waals surface area contributed by atoms with Gasteiger partial charge in [0.05, 0.1) is 0 Å². The highest BCUT2D eigenvalue weighted by molar-refractivity contribution is 5.36. The van der Waals surface area contributed by atoms with Gasteiger partial charge < -0.3 is 5.73 Å². The molecule has 0 spiro atoms. The molecule has 0 radical (unpaired) electrons. The van der Waals surface area contributed by atoms with Crippen LogP contribution in [0.3, 0.4) is 0 Å². The predicted molar refractivity (Wildman–Crippen MR) is 44.6 cm³/mol. The lowest BCUT2D eigenvalue weighted by molar-refractivity contribution is 0.586. The SMILES string of the molecule is C=CC1=CC(C)(N)CC=C1. The van der Waals surface area contributed by atoms with Crippen molar-refractivity contribution < 1.29 is 0 Å². The fourth-order valence-corrected chi connectivity index (χ4v) is 1.06. The van der Waals surface area contributed by atoms with Crippen molar-refractivity contribution in [1.29, 1.82) is 0 Å². The van der Waals surface area contributed by atoms with Crippen LogP contribution in [-0.2, 0) is 0 Å². The quantitative estimate of drug-likeness (QED) is 0.582. The van der Waals surface area contributed by atoms with Crippen molar-refractivity contribution in [3.05, 3.63) is 36.5 Å². The lowest BCUT2D eigenvalue weighted by Crippen LogP contribution is -2.34. The first-order valence-electron chi connectivity index (χ1n) is 3.45. The second-order valence-corrected chi connectivity index (χ2v) is 2.96. The van der Waals surface area contributed by atoms with Crippen molar-refractivity contribution in [2.24, 2.45) is 5.73 Å². The molecular weight excluding hydrogens is 122 g/mol. The summed E-state index contributed by atoms with van der Waals surface area (Å²) < 4.78 is 0. The molecule has 0 aromatic heterocycles. The van der Waals surface area contributed by atoms with Gasteiger partial charge in [0.2, 0.25) is 0 Å². The van der Waals surface area contributed by atoms with Crippen molar-refractivity contribution >= 4 is 0 Å². The summed E-state index contributed by atoms with van der Waals surface area (Å²) in [7, 11) is 0. The Balaban J connectivity index is 2.84. The highest BCUT2D eigenvalue weighted by Crippen LogP contribution is 2.18. The van der Waals surface area contributed by atoms with E-state index in [0.717, 1.165) is 12.0 Å². The van der Waals surface area contributed by atoms with Gasteiger partial charge >= 0.3 is 0 Å². The van der Waals surface area contributed by atoms with Crippen LogP contribution in [0.2, 0.25) is 0 Å². The Bertz CT molecular complexity index is 197. The molecular formula is C9H13N. The van der Waals surface area contributed by atoms with E-state index >= 15 is 0 Å². The number of rotatable bonds is 1. The van der Waals surface area contributed by atoms with E-state index in [2.05, 4.69) is 12.7 Å². The van der Waals surface area contributed by atoms with Gasteiger partial charge in [0.15, 0.2) is 0 Å². The van der Waals surface area contributed by atoms with E-state index in [9.17, 15) is 0 Å². The largest absolute Gasteiger partial charge is 0.322 e. The van der Waals surface area contributed by atoms with Crippen LogP contribution in [0.15, 0.2) is 36.5 Å². The minimum absolute atomic E-state index is 0.168. The molecule has 0 fully saturated rings. The molecule has 1 rings (SSSR count). The Hall–Kier alpha value is -0.820. The molecule has 54 valence electrons. The van der Waals surface area contributed by atoms with E-state index in [1.54, 1.807) is 0 Å². The van der Waals surface area contributed by atoms with Gasteiger partial charge in [0, 0.05) is 5.54 Å². The fourth-order valence-electron chi connectivity index (χ4n) is 1.06. The van der Waals surface area contributed by atoms with Gasteiger partial charge in [0.1, 0.15) is 0 Å². The summed E-state index contributed by atoms with van der Waals surface area (Å²) in [6.45, 7) is 5.69. The van der Waals surface area contributed by atoms with Crippen molar-refractivity contribution in [2.45, 2.75) is 18.9 Å². The zero-order valence-corrected chi connectivity index (χ0v) is 6.30. The number of allylic oxidation sites excluding steroid dienone is 3. The minimum atomic E-state index is -0.168. The van der Waals surface area contributed by atoms with E-state index in [-0.39, 0.29) is 5.54 Å². The second kappa shape index (κ2) is 2.43. The standard InChI is InChI=1S/C9H13N/c1-3-8-5-4-6-9(2,10)7-8/h3-5,7H,1,6,10H2,2H3. The topological polar surface area (TPSA) is 26.0 Å². The first-order chi connectivity index (χ1) is 4.64. The van der Waals surface area contributed by atoms with Crippen molar-refractivity contribution in [2.75, 3.05) is 0 Å². The highest BCUT2D eigenvalue weighted by atomic mass is 14.7. The Morgan fingerprint density at radius 3 is 2.90 bits per heavy atom. The van der Waals surface area contributed by atoms with Crippen LogP contribution in [0, 0.1) is 0 Å². The molecule has 1 aliphatic carbocycles. The zero-order valence-electron chi connectivity index (χ0n) is 6.30. The summed E-state index contributed by atoms with van der Waals surface area (Å²) >= 11 is 0. The summed E-state index contributed by atoms with van der Waals surface area (Å²) in [5, 5.41) is 0. The molecule has 0 aromatic carbocycles. The summed E-state index contributed by atoms with van der Waals surface area (Å²) in [5.41, 5.74) is 6.82. The van der Waals surface area contributed by atoms with E-state index in [1.165, 1.54) is 0 Å². The van der Waals surface area contributed by atoms with Crippen LogP contribution in [0.5, 0.6) is 0 Å². The van der Waals surface area contributed by atoms with E-state index in [1.807, 2.05) is 25.2 Å². The van der Waals surface area contributed by atoms with Crippen LogP contribution >= 0.6 is 0 Å². The molecule has 1 unspecified atom stereocenters. The normalized spacial score (nSPS) is 31.6. The van der Waals surface area contributed by atoms with E-state index in [0.29, 0.717) is 0 Å². The molecule has 2 N–H and O–H groups in total. The molecule has 0 aliphatic heterocycles. The molecule has 0 amide bonds. The molecule has 1 heteroatoms. The maximum absolute atomic E-state index is 5.87. The number of hydrogen-bond donors (Lipinski definition) is 1. The molecule has 1 atom stereocenters. The lowest BCUT2D eigenvalue weighted by Gasteiger charge is -2.22. The van der Waals surface area contributed by atoms with E-state index < -0.39 is 0 Å². The lowest BCUT2D eigenvalue weighted by atomic mass is 9.91. The van der Waals surface area contributed by atoms with Gasteiger partial charge in [-0.15, -0.1) is 0 Å². The monoisotopic (exact) mass is 135 g/mol. The Labute approximate surface area is 61.9 Å². The summed E-state index contributed by atoms with van der Waals surface area (Å²) in [6.07, 6.45) is 8.91. The Kier molecular flexibility index (Phi) is 1.77. The van der Waals surface area contributed by atoms with Crippen LogP contribution in [0.1, 0.15) is 13.3 Å². The van der Waals surface area contributed by atoms with Crippen LogP contribution in [-0.4, -0.2) is 5.54 Å². The number of hydrogen-bond acceptors (Lipinski definition) is 1. The first-order valence-corrected chi connectivity index (χ1v) is 3.45. The van der Waals surface area contributed by atoms with Crippen LogP contribution < -0.4 is 5.73 Å².